The molecule has 1 aromatic carbocycles. The van der Waals surface area contributed by atoms with Gasteiger partial charge in [-0.1, -0.05) is 6.07 Å². The van der Waals surface area contributed by atoms with Gasteiger partial charge in [-0.15, -0.1) is 0 Å². The van der Waals surface area contributed by atoms with Crippen molar-refractivity contribution in [3.05, 3.63) is 29.8 Å². The lowest BCUT2D eigenvalue weighted by Crippen LogP contribution is -2.04. The van der Waals surface area contributed by atoms with Gasteiger partial charge in [0, 0.05) is 21.4 Å². The van der Waals surface area contributed by atoms with E-state index in [4.69, 9.17) is 8.42 Å². The van der Waals surface area contributed by atoms with Gasteiger partial charge in [-0.3, -0.25) is 0 Å². The van der Waals surface area contributed by atoms with Gasteiger partial charge in [0.1, 0.15) is 5.75 Å². The number of benzene rings is 1. The lowest BCUT2D eigenvalue weighted by molar-refractivity contribution is -0.137. The van der Waals surface area contributed by atoms with Gasteiger partial charge in [0.05, 0.1) is 12.7 Å². The highest BCUT2D eigenvalue weighted by molar-refractivity contribution is 8.31. The van der Waals surface area contributed by atoms with E-state index in [1.807, 2.05) is 0 Å². The summed E-state index contributed by atoms with van der Waals surface area (Å²) >= 11 is 0. The fraction of sp³-hybridized carbons (Fsp3) is 0.250. The van der Waals surface area contributed by atoms with E-state index in [1.165, 1.54) is 19.2 Å². The summed E-state index contributed by atoms with van der Waals surface area (Å²) in [5.74, 6) is 0.213. The summed E-state index contributed by atoms with van der Waals surface area (Å²) in [7, 11) is 6.14. The first-order valence-electron chi connectivity index (χ1n) is 3.89. The van der Waals surface area contributed by atoms with Crippen molar-refractivity contribution in [1.29, 1.82) is 0 Å². The van der Waals surface area contributed by atoms with E-state index in [1.54, 1.807) is 0 Å². The third-order valence-corrected chi connectivity index (χ3v) is 1.40. The first-order valence-corrected chi connectivity index (χ1v) is 7.03. The number of alkyl halides is 3. The lowest BCUT2D eigenvalue weighted by Gasteiger charge is -2.07. The van der Waals surface area contributed by atoms with Gasteiger partial charge in [-0.05, 0) is 18.2 Å². The number of ether oxygens (including phenoxy) is 1. The van der Waals surface area contributed by atoms with Gasteiger partial charge in [0.15, 0.2) is 0 Å². The third kappa shape index (κ3) is 9.08. The molecule has 0 bridgehead atoms. The molecule has 0 aliphatic heterocycles. The second kappa shape index (κ2) is 6.32. The molecule has 0 saturated heterocycles. The van der Waals surface area contributed by atoms with Crippen molar-refractivity contribution in [2.75, 3.05) is 7.11 Å². The zero-order valence-corrected chi connectivity index (χ0v) is 10.7. The predicted molar refractivity (Wildman–Crippen MR) is 58.6 cm³/mol. The van der Waals surface area contributed by atoms with Crippen LogP contribution in [0, 0.1) is 0 Å². The summed E-state index contributed by atoms with van der Waals surface area (Å²) in [5, 5.41) is 0. The highest BCUT2D eigenvalue weighted by Crippen LogP contribution is 2.30. The van der Waals surface area contributed by atoms with Crippen LogP contribution in [-0.2, 0) is 14.4 Å². The minimum atomic E-state index is -4.30. The zero-order valence-electron chi connectivity index (χ0n) is 8.33. The van der Waals surface area contributed by atoms with Crippen LogP contribution in [0.3, 0.4) is 0 Å². The van der Waals surface area contributed by atoms with Gasteiger partial charge in [-0.2, -0.15) is 21.6 Å². The van der Waals surface area contributed by atoms with E-state index in [0.717, 1.165) is 12.1 Å². The summed E-state index contributed by atoms with van der Waals surface area (Å²) < 4.78 is 59.1. The standard InChI is InChI=1S/C8H7F3O.Cl2O2S/c1-12-7-4-2-3-6(5-7)8(9,10)11;1-5(2,3)4/h2-5H,1H3;. The second-order valence-electron chi connectivity index (χ2n) is 2.61. The van der Waals surface area contributed by atoms with Crippen LogP contribution in [0.1, 0.15) is 5.56 Å². The predicted octanol–water partition coefficient (Wildman–Crippen LogP) is 3.42. The van der Waals surface area contributed by atoms with Crippen LogP contribution >= 0.6 is 21.4 Å². The van der Waals surface area contributed by atoms with E-state index >= 15 is 0 Å². The molecule has 3 nitrogen and oxygen atoms in total. The Kier molecular flexibility index (Phi) is 6.08. The maximum Gasteiger partial charge on any atom is 0.416 e. The monoisotopic (exact) mass is 310 g/mol. The Labute approximate surface area is 105 Å². The molecule has 0 radical (unpaired) electrons. The van der Waals surface area contributed by atoms with Crippen LogP contribution in [-0.4, -0.2) is 15.5 Å². The number of halogens is 5. The van der Waals surface area contributed by atoms with Gasteiger partial charge in [-0.25, -0.2) is 0 Å². The highest BCUT2D eigenvalue weighted by Gasteiger charge is 2.30. The lowest BCUT2D eigenvalue weighted by atomic mass is 10.2. The highest BCUT2D eigenvalue weighted by atomic mass is 36.0. The maximum atomic E-state index is 12.0. The number of methoxy groups -OCH3 is 1. The second-order valence-corrected chi connectivity index (χ2v) is 6.28. The van der Waals surface area contributed by atoms with Crippen LogP contribution in [0.15, 0.2) is 24.3 Å². The molecule has 0 unspecified atom stereocenters. The van der Waals surface area contributed by atoms with Gasteiger partial charge >= 0.3 is 14.4 Å². The molecule has 0 aromatic heterocycles. The summed E-state index contributed by atoms with van der Waals surface area (Å²) in [5.41, 5.74) is -0.693. The molecule has 9 heteroatoms. The molecule has 98 valence electrons. The Morgan fingerprint density at radius 2 is 1.71 bits per heavy atom. The van der Waals surface area contributed by atoms with Crippen molar-refractivity contribution in [3.8, 4) is 5.75 Å². The van der Waals surface area contributed by atoms with E-state index in [2.05, 4.69) is 26.1 Å². The summed E-state index contributed by atoms with van der Waals surface area (Å²) in [6.45, 7) is 0. The molecule has 1 aromatic rings. The van der Waals surface area contributed by atoms with Gasteiger partial charge < -0.3 is 4.74 Å². The molecule has 0 spiro atoms. The molecule has 0 aliphatic rings. The zero-order chi connectivity index (χ0) is 13.7. The Bertz CT molecular complexity index is 451. The first-order chi connectivity index (χ1) is 7.54. The number of hydrogen-bond donors (Lipinski definition) is 0. The van der Waals surface area contributed by atoms with E-state index in [0.29, 0.717) is 0 Å². The average Bonchev–Trinajstić information content (AvgIpc) is 2.14. The van der Waals surface area contributed by atoms with Crippen molar-refractivity contribution in [2.24, 2.45) is 0 Å². The Morgan fingerprint density at radius 3 is 2.06 bits per heavy atom. The smallest absolute Gasteiger partial charge is 0.416 e. The Morgan fingerprint density at radius 1 is 1.24 bits per heavy atom. The van der Waals surface area contributed by atoms with E-state index in [-0.39, 0.29) is 5.75 Å². The minimum Gasteiger partial charge on any atom is -0.497 e. The Hall–Kier alpha value is -0.660. The molecule has 0 atom stereocenters. The average molecular weight is 311 g/mol. The topological polar surface area (TPSA) is 43.4 Å². The van der Waals surface area contributed by atoms with Crippen molar-refractivity contribution < 1.29 is 26.3 Å². The van der Waals surface area contributed by atoms with Crippen LogP contribution < -0.4 is 4.74 Å². The number of rotatable bonds is 1. The van der Waals surface area contributed by atoms with Crippen LogP contribution in [0.4, 0.5) is 13.2 Å². The van der Waals surface area contributed by atoms with Crippen LogP contribution in [0.25, 0.3) is 0 Å². The fourth-order valence-corrected chi connectivity index (χ4v) is 0.799. The molecule has 0 N–H and O–H groups in total. The Balaban J connectivity index is 0.000000437. The van der Waals surface area contributed by atoms with Crippen molar-refractivity contribution in [2.45, 2.75) is 6.18 Å². The van der Waals surface area contributed by atoms with Gasteiger partial charge in [0.25, 0.3) is 0 Å². The third-order valence-electron chi connectivity index (χ3n) is 1.40. The molecule has 0 saturated carbocycles. The van der Waals surface area contributed by atoms with Crippen LogP contribution in [0.2, 0.25) is 0 Å². The number of hydrogen-bond acceptors (Lipinski definition) is 3. The quantitative estimate of drug-likeness (QED) is 0.746. The van der Waals surface area contributed by atoms with Crippen molar-refractivity contribution >= 4 is 29.6 Å². The SMILES string of the molecule is COc1cccc(C(F)(F)F)c1.O=S(=O)(Cl)Cl. The molecule has 0 amide bonds. The maximum absolute atomic E-state index is 12.0. The minimum absolute atomic E-state index is 0.213. The molecule has 17 heavy (non-hydrogen) atoms. The molecular weight excluding hydrogens is 304 g/mol. The van der Waals surface area contributed by atoms with Crippen molar-refractivity contribution in [3.63, 3.8) is 0 Å². The molecular formula is C8H7Cl2F3O3S. The first kappa shape index (κ1) is 16.3. The normalized spacial score (nSPS) is 11.4. The summed E-state index contributed by atoms with van der Waals surface area (Å²) in [6, 6.07) is 4.74. The molecule has 0 heterocycles. The fourth-order valence-electron chi connectivity index (χ4n) is 0.799. The van der Waals surface area contributed by atoms with E-state index in [9.17, 15) is 13.2 Å². The largest absolute Gasteiger partial charge is 0.497 e. The molecule has 0 aliphatic carbocycles. The van der Waals surface area contributed by atoms with Gasteiger partial charge in [0.2, 0.25) is 0 Å². The summed E-state index contributed by atoms with van der Waals surface area (Å²) in [4.78, 5) is 0. The molecule has 0 fully saturated rings. The van der Waals surface area contributed by atoms with E-state index < -0.39 is 20.0 Å². The van der Waals surface area contributed by atoms with Crippen molar-refractivity contribution in [1.82, 2.24) is 0 Å². The van der Waals surface area contributed by atoms with Crippen LogP contribution in [0.5, 0.6) is 5.75 Å². The molecule has 1 rings (SSSR count). The summed E-state index contributed by atoms with van der Waals surface area (Å²) in [6.07, 6.45) is -4.30.